The second kappa shape index (κ2) is 8.33. The van der Waals surface area contributed by atoms with Gasteiger partial charge in [0.25, 0.3) is 5.91 Å². The van der Waals surface area contributed by atoms with Gasteiger partial charge < -0.3 is 20.3 Å². The predicted octanol–water partition coefficient (Wildman–Crippen LogP) is 3.05. The number of amides is 3. The molecular weight excluding hydrogens is 354 g/mol. The molecule has 0 bridgehead atoms. The van der Waals surface area contributed by atoms with Gasteiger partial charge in [-0.05, 0) is 42.9 Å². The van der Waals surface area contributed by atoms with Crippen molar-refractivity contribution in [3.63, 3.8) is 0 Å². The van der Waals surface area contributed by atoms with Crippen LogP contribution in [0.4, 0.5) is 10.5 Å². The lowest BCUT2D eigenvalue weighted by Crippen LogP contribution is -2.53. The number of fused-ring (bicyclic) bond motifs is 1. The van der Waals surface area contributed by atoms with Crippen molar-refractivity contribution in [2.24, 2.45) is 5.92 Å². The van der Waals surface area contributed by atoms with Crippen LogP contribution in [-0.2, 0) is 11.2 Å². The molecule has 2 aromatic rings. The van der Waals surface area contributed by atoms with Gasteiger partial charge in [-0.1, -0.05) is 42.5 Å². The van der Waals surface area contributed by atoms with Crippen LogP contribution in [0.15, 0.2) is 54.6 Å². The van der Waals surface area contributed by atoms with Gasteiger partial charge in [0.2, 0.25) is 0 Å². The summed E-state index contributed by atoms with van der Waals surface area (Å²) in [5.74, 6) is 0.801. The molecule has 2 unspecified atom stereocenters. The van der Waals surface area contributed by atoms with E-state index in [1.807, 2.05) is 35.2 Å². The Balaban J connectivity index is 1.35. The van der Waals surface area contributed by atoms with Gasteiger partial charge >= 0.3 is 6.03 Å². The third-order valence-electron chi connectivity index (χ3n) is 5.34. The van der Waals surface area contributed by atoms with E-state index in [4.69, 9.17) is 4.74 Å². The highest BCUT2D eigenvalue weighted by molar-refractivity contribution is 5.98. The maximum atomic E-state index is 12.8. The van der Waals surface area contributed by atoms with Crippen LogP contribution < -0.4 is 15.4 Å². The summed E-state index contributed by atoms with van der Waals surface area (Å²) in [5, 5.41) is 5.67. The Morgan fingerprint density at radius 2 is 1.93 bits per heavy atom. The van der Waals surface area contributed by atoms with Crippen molar-refractivity contribution in [3.05, 3.63) is 60.2 Å². The van der Waals surface area contributed by atoms with Crippen LogP contribution in [0, 0.1) is 5.92 Å². The fourth-order valence-corrected chi connectivity index (χ4v) is 3.88. The van der Waals surface area contributed by atoms with Gasteiger partial charge in [-0.2, -0.15) is 0 Å². The smallest absolute Gasteiger partial charge is 0.318 e. The van der Waals surface area contributed by atoms with Crippen molar-refractivity contribution < 1.29 is 14.3 Å². The van der Waals surface area contributed by atoms with E-state index in [9.17, 15) is 9.59 Å². The summed E-state index contributed by atoms with van der Waals surface area (Å²) in [6, 6.07) is 16.7. The number of nitrogens with one attached hydrogen (secondary N) is 2. The number of piperidine rings is 1. The summed E-state index contributed by atoms with van der Waals surface area (Å²) in [5.41, 5.74) is 1.93. The van der Waals surface area contributed by atoms with Gasteiger partial charge in [0.05, 0.1) is 5.69 Å². The average Bonchev–Trinajstić information content (AvgIpc) is 2.88. The molecule has 28 heavy (non-hydrogen) atoms. The molecule has 2 heterocycles. The number of likely N-dealkylation sites (tertiary alicyclic amines) is 1. The molecule has 2 atom stereocenters. The largest absolute Gasteiger partial charge is 0.489 e. The molecule has 146 valence electrons. The Bertz CT molecular complexity index is 840. The molecule has 0 radical (unpaired) electrons. The van der Waals surface area contributed by atoms with E-state index < -0.39 is 6.04 Å². The van der Waals surface area contributed by atoms with Gasteiger partial charge in [0.15, 0.2) is 0 Å². The molecule has 6 nitrogen and oxygen atoms in total. The van der Waals surface area contributed by atoms with Crippen LogP contribution >= 0.6 is 0 Å². The fraction of sp³-hybridized carbons (Fsp3) is 0.364. The minimum Gasteiger partial charge on any atom is -0.489 e. The molecular formula is C22H25N3O3. The van der Waals surface area contributed by atoms with Crippen molar-refractivity contribution in [2.45, 2.75) is 25.3 Å². The van der Waals surface area contributed by atoms with Gasteiger partial charge in [0.1, 0.15) is 18.4 Å². The average molecular weight is 379 g/mol. The number of benzene rings is 2. The summed E-state index contributed by atoms with van der Waals surface area (Å²) in [4.78, 5) is 27.1. The van der Waals surface area contributed by atoms with Crippen molar-refractivity contribution >= 4 is 17.6 Å². The van der Waals surface area contributed by atoms with E-state index in [1.165, 1.54) is 5.56 Å². The zero-order valence-electron chi connectivity index (χ0n) is 15.8. The van der Waals surface area contributed by atoms with E-state index in [0.717, 1.165) is 19.3 Å². The van der Waals surface area contributed by atoms with E-state index in [0.29, 0.717) is 30.4 Å². The summed E-state index contributed by atoms with van der Waals surface area (Å²) < 4.78 is 5.70. The van der Waals surface area contributed by atoms with Crippen LogP contribution in [-0.4, -0.2) is 42.6 Å². The topological polar surface area (TPSA) is 70.7 Å². The predicted molar refractivity (Wildman–Crippen MR) is 107 cm³/mol. The number of ether oxygens (including phenoxy) is 1. The molecule has 2 N–H and O–H groups in total. The Kier molecular flexibility index (Phi) is 5.46. The molecule has 2 aliphatic heterocycles. The fourth-order valence-electron chi connectivity index (χ4n) is 3.88. The van der Waals surface area contributed by atoms with Crippen LogP contribution in [0.1, 0.15) is 18.4 Å². The van der Waals surface area contributed by atoms with Crippen LogP contribution in [0.5, 0.6) is 5.75 Å². The Labute approximate surface area is 164 Å². The van der Waals surface area contributed by atoms with E-state index >= 15 is 0 Å². The highest BCUT2D eigenvalue weighted by Crippen LogP contribution is 2.26. The highest BCUT2D eigenvalue weighted by Gasteiger charge is 2.30. The number of rotatable bonds is 3. The molecule has 6 heteroatoms. The summed E-state index contributed by atoms with van der Waals surface area (Å²) >= 11 is 0. The Morgan fingerprint density at radius 3 is 2.79 bits per heavy atom. The SMILES string of the molecule is O=C1Nc2ccccc2OCC1NC(=O)N1CCCC(Cc2ccccc2)C1. The lowest BCUT2D eigenvalue weighted by Gasteiger charge is -2.33. The van der Waals surface area contributed by atoms with Gasteiger partial charge in [-0.3, -0.25) is 4.79 Å². The molecule has 0 spiro atoms. The normalized spacial score (nSPS) is 21.7. The van der Waals surface area contributed by atoms with Crippen molar-refractivity contribution in [1.29, 1.82) is 0 Å². The van der Waals surface area contributed by atoms with Crippen molar-refractivity contribution in [3.8, 4) is 5.75 Å². The molecule has 0 saturated carbocycles. The maximum Gasteiger partial charge on any atom is 0.318 e. The first-order valence-corrected chi connectivity index (χ1v) is 9.81. The second-order valence-electron chi connectivity index (χ2n) is 7.44. The van der Waals surface area contributed by atoms with E-state index in [1.54, 1.807) is 12.1 Å². The number of anilines is 1. The van der Waals surface area contributed by atoms with Gasteiger partial charge in [-0.25, -0.2) is 4.79 Å². The first-order valence-electron chi connectivity index (χ1n) is 9.81. The molecule has 4 rings (SSSR count). The summed E-state index contributed by atoms with van der Waals surface area (Å²) in [7, 11) is 0. The molecule has 1 fully saturated rings. The molecule has 0 aromatic heterocycles. The number of carbonyl (C=O) groups excluding carboxylic acids is 2. The number of para-hydroxylation sites is 2. The third-order valence-corrected chi connectivity index (χ3v) is 5.34. The van der Waals surface area contributed by atoms with Crippen LogP contribution in [0.3, 0.4) is 0 Å². The second-order valence-corrected chi connectivity index (χ2v) is 7.44. The number of carbonyl (C=O) groups is 2. The Hall–Kier alpha value is -3.02. The molecule has 3 amide bonds. The van der Waals surface area contributed by atoms with E-state index in [2.05, 4.69) is 22.8 Å². The number of hydrogen-bond donors (Lipinski definition) is 2. The first kappa shape index (κ1) is 18.3. The van der Waals surface area contributed by atoms with Gasteiger partial charge in [-0.15, -0.1) is 0 Å². The minimum absolute atomic E-state index is 0.121. The van der Waals surface area contributed by atoms with Crippen LogP contribution in [0.25, 0.3) is 0 Å². The summed E-state index contributed by atoms with van der Waals surface area (Å²) in [6.07, 6.45) is 3.05. The molecule has 2 aromatic carbocycles. The monoisotopic (exact) mass is 379 g/mol. The van der Waals surface area contributed by atoms with Gasteiger partial charge in [0, 0.05) is 13.1 Å². The number of nitrogens with zero attached hydrogens (tertiary/aromatic N) is 1. The van der Waals surface area contributed by atoms with Crippen LogP contribution in [0.2, 0.25) is 0 Å². The van der Waals surface area contributed by atoms with Crippen molar-refractivity contribution in [2.75, 3.05) is 25.0 Å². The molecule has 1 saturated heterocycles. The zero-order valence-corrected chi connectivity index (χ0v) is 15.8. The maximum absolute atomic E-state index is 12.8. The highest BCUT2D eigenvalue weighted by atomic mass is 16.5. The number of hydrogen-bond acceptors (Lipinski definition) is 3. The summed E-state index contributed by atoms with van der Waals surface area (Å²) in [6.45, 7) is 1.54. The Morgan fingerprint density at radius 1 is 1.14 bits per heavy atom. The minimum atomic E-state index is -0.714. The lowest BCUT2D eigenvalue weighted by molar-refractivity contribution is -0.118. The lowest BCUT2D eigenvalue weighted by atomic mass is 9.91. The van der Waals surface area contributed by atoms with E-state index in [-0.39, 0.29) is 18.5 Å². The van der Waals surface area contributed by atoms with Crippen molar-refractivity contribution in [1.82, 2.24) is 10.2 Å². The standard InChI is InChI=1S/C22H25N3O3/c26-21-19(15-28-20-11-5-4-10-18(20)23-21)24-22(27)25-12-6-9-17(14-25)13-16-7-2-1-3-8-16/h1-5,7-8,10-11,17,19H,6,9,12-15H2,(H,23,26)(H,24,27). The molecule has 2 aliphatic rings. The third kappa shape index (κ3) is 4.27. The quantitative estimate of drug-likeness (QED) is 0.861. The first-order chi connectivity index (χ1) is 13.7. The number of urea groups is 1. The zero-order chi connectivity index (χ0) is 19.3. The molecule has 0 aliphatic carbocycles.